The molecule has 1 aromatic heterocycles. The Morgan fingerprint density at radius 1 is 1.34 bits per heavy atom. The first-order valence-corrected chi connectivity index (χ1v) is 11.5. The van der Waals surface area contributed by atoms with Gasteiger partial charge in [-0.05, 0) is 38.4 Å². The summed E-state index contributed by atoms with van der Waals surface area (Å²) in [6.07, 6.45) is 1.08. The highest BCUT2D eigenvalue weighted by Gasteiger charge is 2.22. The number of amides is 1. The highest BCUT2D eigenvalue weighted by Crippen LogP contribution is 2.35. The molecule has 186 valence electrons. The number of aliphatic hydroxyl groups excluding tert-OH is 1. The maximum atomic E-state index is 13.6. The fraction of sp³-hybridized carbons (Fsp3) is 0.375. The molecule has 4 rings (SSSR count). The van der Waals surface area contributed by atoms with Crippen LogP contribution in [0.15, 0.2) is 36.7 Å². The lowest BCUT2D eigenvalue weighted by molar-refractivity contribution is -0.118. The van der Waals surface area contributed by atoms with E-state index < -0.39 is 11.9 Å². The third-order valence-electron chi connectivity index (χ3n) is 5.37. The number of benzene rings is 2. The third kappa shape index (κ3) is 6.55. The van der Waals surface area contributed by atoms with Crippen LogP contribution in [-0.2, 0) is 9.53 Å². The summed E-state index contributed by atoms with van der Waals surface area (Å²) in [4.78, 5) is 23.2. The van der Waals surface area contributed by atoms with Crippen LogP contribution in [0.4, 0.5) is 21.6 Å². The Morgan fingerprint density at radius 3 is 2.89 bits per heavy atom. The van der Waals surface area contributed by atoms with Crippen molar-refractivity contribution in [2.24, 2.45) is 0 Å². The topological polar surface area (TPSA) is 109 Å². The van der Waals surface area contributed by atoms with E-state index in [0.29, 0.717) is 53.6 Å². The molecule has 11 heteroatoms. The number of ether oxygens (including phenoxy) is 2. The number of hydrogen-bond donors (Lipinski definition) is 3. The Labute approximate surface area is 207 Å². The van der Waals surface area contributed by atoms with Gasteiger partial charge in [-0.1, -0.05) is 11.6 Å². The lowest BCUT2D eigenvalue weighted by atomic mass is 10.1. The Hall–Kier alpha value is -3.05. The van der Waals surface area contributed by atoms with Crippen LogP contribution < -0.4 is 15.4 Å². The first-order valence-electron chi connectivity index (χ1n) is 11.2. The number of anilines is 3. The molecule has 2 aromatic carbocycles. The Morgan fingerprint density at radius 2 is 2.17 bits per heavy atom. The van der Waals surface area contributed by atoms with Gasteiger partial charge < -0.3 is 30.1 Å². The SMILES string of the molecule is CN(C)C[C@@H](O)CC(=O)Nc1cc2c(Nc3ccc(F)c(Cl)c3)ncnc2cc1O[C@@H]1CCOC1. The fourth-order valence-electron chi connectivity index (χ4n) is 3.78. The van der Waals surface area contributed by atoms with Crippen molar-refractivity contribution >= 4 is 45.6 Å². The molecule has 9 nitrogen and oxygen atoms in total. The molecule has 0 aliphatic carbocycles. The van der Waals surface area contributed by atoms with E-state index in [9.17, 15) is 14.3 Å². The van der Waals surface area contributed by atoms with Crippen LogP contribution in [0.2, 0.25) is 5.02 Å². The van der Waals surface area contributed by atoms with Crippen molar-refractivity contribution < 1.29 is 23.8 Å². The van der Waals surface area contributed by atoms with Crippen LogP contribution in [0, 0.1) is 5.82 Å². The van der Waals surface area contributed by atoms with Gasteiger partial charge in [0.1, 0.15) is 29.8 Å². The van der Waals surface area contributed by atoms with E-state index in [1.165, 1.54) is 18.5 Å². The Balaban J connectivity index is 1.66. The van der Waals surface area contributed by atoms with Crippen molar-refractivity contribution in [3.63, 3.8) is 0 Å². The zero-order valence-corrected chi connectivity index (χ0v) is 20.2. The van der Waals surface area contributed by atoms with Crippen molar-refractivity contribution in [3.8, 4) is 5.75 Å². The molecule has 1 aliphatic heterocycles. The summed E-state index contributed by atoms with van der Waals surface area (Å²) >= 11 is 5.91. The third-order valence-corrected chi connectivity index (χ3v) is 5.66. The van der Waals surface area contributed by atoms with Crippen molar-refractivity contribution in [1.29, 1.82) is 0 Å². The number of fused-ring (bicyclic) bond motifs is 1. The standard InChI is InChI=1S/C24H27ClFN5O4/c1-31(2)11-15(32)8-23(33)30-21-9-17-20(10-22(21)35-16-5-6-34-12-16)27-13-28-24(17)29-14-3-4-19(26)18(25)7-14/h3-4,7,9-10,13,15-16,32H,5-6,8,11-12H2,1-2H3,(H,30,33)(H,27,28,29)/t15-,16+/m0/s1. The highest BCUT2D eigenvalue weighted by atomic mass is 35.5. The molecule has 35 heavy (non-hydrogen) atoms. The zero-order chi connectivity index (χ0) is 24.9. The summed E-state index contributed by atoms with van der Waals surface area (Å²) in [6.45, 7) is 1.41. The molecule has 0 radical (unpaired) electrons. The van der Waals surface area contributed by atoms with Gasteiger partial charge in [0.15, 0.2) is 0 Å². The minimum Gasteiger partial charge on any atom is -0.486 e. The van der Waals surface area contributed by atoms with Gasteiger partial charge in [0.25, 0.3) is 0 Å². The van der Waals surface area contributed by atoms with E-state index >= 15 is 0 Å². The molecule has 0 saturated carbocycles. The Kier molecular flexibility index (Phi) is 7.97. The second-order valence-corrected chi connectivity index (χ2v) is 9.02. The Bertz CT molecular complexity index is 1210. The normalized spacial score (nSPS) is 16.5. The van der Waals surface area contributed by atoms with E-state index in [4.69, 9.17) is 21.1 Å². The molecule has 0 unspecified atom stereocenters. The number of nitrogens with one attached hydrogen (secondary N) is 2. The zero-order valence-electron chi connectivity index (χ0n) is 19.4. The first kappa shape index (κ1) is 25.1. The van der Waals surface area contributed by atoms with Crippen molar-refractivity contribution in [3.05, 3.63) is 47.5 Å². The summed E-state index contributed by atoms with van der Waals surface area (Å²) < 4.78 is 25.1. The van der Waals surface area contributed by atoms with E-state index in [1.807, 2.05) is 14.1 Å². The number of aliphatic hydroxyl groups is 1. The first-order chi connectivity index (χ1) is 16.8. The van der Waals surface area contributed by atoms with Crippen LogP contribution in [0.5, 0.6) is 5.75 Å². The largest absolute Gasteiger partial charge is 0.486 e. The summed E-state index contributed by atoms with van der Waals surface area (Å²) in [7, 11) is 3.64. The maximum Gasteiger partial charge on any atom is 0.227 e. The molecular weight excluding hydrogens is 477 g/mol. The van der Waals surface area contributed by atoms with Crippen molar-refractivity contribution in [2.45, 2.75) is 25.0 Å². The van der Waals surface area contributed by atoms with Crippen LogP contribution in [0.1, 0.15) is 12.8 Å². The van der Waals surface area contributed by atoms with Crippen LogP contribution >= 0.6 is 11.6 Å². The van der Waals surface area contributed by atoms with E-state index in [1.54, 1.807) is 23.1 Å². The minimum absolute atomic E-state index is 0.0212. The molecular formula is C24H27ClFN5O4. The van der Waals surface area contributed by atoms with Crippen LogP contribution in [0.25, 0.3) is 10.9 Å². The molecule has 0 spiro atoms. The van der Waals surface area contributed by atoms with Gasteiger partial charge in [-0.15, -0.1) is 0 Å². The summed E-state index contributed by atoms with van der Waals surface area (Å²) in [6, 6.07) is 7.70. The monoisotopic (exact) mass is 503 g/mol. The van der Waals surface area contributed by atoms with Gasteiger partial charge >= 0.3 is 0 Å². The lowest BCUT2D eigenvalue weighted by Gasteiger charge is -2.19. The predicted octanol–water partition coefficient (Wildman–Crippen LogP) is 3.58. The summed E-state index contributed by atoms with van der Waals surface area (Å²) in [5.41, 5.74) is 1.54. The number of halogens is 2. The van der Waals surface area contributed by atoms with Crippen molar-refractivity contribution in [1.82, 2.24) is 14.9 Å². The second kappa shape index (κ2) is 11.1. The van der Waals surface area contributed by atoms with E-state index in [-0.39, 0.29) is 23.5 Å². The predicted molar refractivity (Wildman–Crippen MR) is 132 cm³/mol. The number of likely N-dealkylation sites (N-methyl/N-ethyl adjacent to an activating group) is 1. The number of carbonyl (C=O) groups excluding carboxylic acids is 1. The van der Waals surface area contributed by atoms with Gasteiger partial charge in [-0.3, -0.25) is 4.79 Å². The van der Waals surface area contributed by atoms with Crippen LogP contribution in [0.3, 0.4) is 0 Å². The quantitative estimate of drug-likeness (QED) is 0.406. The van der Waals surface area contributed by atoms with Gasteiger partial charge in [0.2, 0.25) is 5.91 Å². The van der Waals surface area contributed by atoms with E-state index in [2.05, 4.69) is 20.6 Å². The van der Waals surface area contributed by atoms with Gasteiger partial charge in [-0.25, -0.2) is 14.4 Å². The molecule has 3 aromatic rings. The molecule has 1 fully saturated rings. The average Bonchev–Trinajstić information content (AvgIpc) is 3.29. The molecule has 1 saturated heterocycles. The number of aromatic nitrogens is 2. The fourth-order valence-corrected chi connectivity index (χ4v) is 3.96. The van der Waals surface area contributed by atoms with Gasteiger partial charge in [0.05, 0.1) is 42.0 Å². The summed E-state index contributed by atoms with van der Waals surface area (Å²) in [5, 5.41) is 16.7. The number of rotatable bonds is 9. The minimum atomic E-state index is -0.818. The number of carbonyl (C=O) groups is 1. The summed E-state index contributed by atoms with van der Waals surface area (Å²) in [5.74, 6) is 0.00119. The smallest absolute Gasteiger partial charge is 0.227 e. The number of nitrogens with zero attached hydrogens (tertiary/aromatic N) is 3. The van der Waals surface area contributed by atoms with E-state index in [0.717, 1.165) is 6.42 Å². The molecule has 2 heterocycles. The second-order valence-electron chi connectivity index (χ2n) is 8.61. The molecule has 1 aliphatic rings. The lowest BCUT2D eigenvalue weighted by Crippen LogP contribution is -2.30. The number of hydrogen-bond acceptors (Lipinski definition) is 8. The maximum absolute atomic E-state index is 13.6. The van der Waals surface area contributed by atoms with Gasteiger partial charge in [0, 0.05) is 30.1 Å². The van der Waals surface area contributed by atoms with Gasteiger partial charge in [-0.2, -0.15) is 0 Å². The molecule has 2 atom stereocenters. The van der Waals surface area contributed by atoms with Crippen molar-refractivity contribution in [2.75, 3.05) is 44.5 Å². The molecule has 0 bridgehead atoms. The average molecular weight is 504 g/mol. The highest BCUT2D eigenvalue weighted by molar-refractivity contribution is 6.31. The molecule has 1 amide bonds. The molecule has 3 N–H and O–H groups in total. The van der Waals surface area contributed by atoms with Crippen LogP contribution in [-0.4, -0.2) is 71.9 Å².